The lowest BCUT2D eigenvalue weighted by Gasteiger charge is -2.18. The van der Waals surface area contributed by atoms with E-state index < -0.39 is 5.97 Å². The van der Waals surface area contributed by atoms with E-state index in [0.29, 0.717) is 19.0 Å². The average Bonchev–Trinajstić information content (AvgIpc) is 2.49. The summed E-state index contributed by atoms with van der Waals surface area (Å²) in [6.45, 7) is 4.02. The monoisotopic (exact) mass is 292 g/mol. The van der Waals surface area contributed by atoms with Crippen molar-refractivity contribution >= 4 is 11.8 Å². The van der Waals surface area contributed by atoms with Crippen LogP contribution in [0.15, 0.2) is 6.07 Å². The highest BCUT2D eigenvalue weighted by Gasteiger charge is 2.18. The van der Waals surface area contributed by atoms with E-state index in [1.54, 1.807) is 6.07 Å². The Balaban J connectivity index is 1.98. The van der Waals surface area contributed by atoms with Crippen LogP contribution < -0.4 is 5.32 Å². The Morgan fingerprint density at radius 1 is 1.38 bits per heavy atom. The molecule has 2 N–H and O–H groups in total. The highest BCUT2D eigenvalue weighted by Crippen LogP contribution is 2.24. The molecule has 0 aromatic carbocycles. The lowest BCUT2D eigenvalue weighted by atomic mass is 9.95. The van der Waals surface area contributed by atoms with Crippen molar-refractivity contribution < 1.29 is 14.6 Å². The Bertz CT molecular complexity index is 489. The SMILES string of the molecule is CCCCOCCNc1nc2c(cc1C(=O)O)CCCC2. The number of carbonyl (C=O) groups is 1. The van der Waals surface area contributed by atoms with Crippen LogP contribution in [0.3, 0.4) is 0 Å². The molecule has 1 heterocycles. The summed E-state index contributed by atoms with van der Waals surface area (Å²) in [5, 5.41) is 12.4. The lowest BCUT2D eigenvalue weighted by molar-refractivity contribution is 0.0697. The summed E-state index contributed by atoms with van der Waals surface area (Å²) in [6.07, 6.45) is 6.29. The number of aryl methyl sites for hydroxylation is 2. The molecule has 1 aliphatic carbocycles. The Kier molecular flexibility index (Phi) is 5.99. The van der Waals surface area contributed by atoms with E-state index in [1.165, 1.54) is 0 Å². The zero-order valence-electron chi connectivity index (χ0n) is 12.7. The molecule has 0 unspecified atom stereocenters. The number of carboxylic acids is 1. The van der Waals surface area contributed by atoms with Crippen molar-refractivity contribution in [2.24, 2.45) is 0 Å². The second-order valence-corrected chi connectivity index (χ2v) is 5.40. The number of ether oxygens (including phenoxy) is 1. The zero-order chi connectivity index (χ0) is 15.1. The van der Waals surface area contributed by atoms with Crippen molar-refractivity contribution in [2.75, 3.05) is 25.1 Å². The average molecular weight is 292 g/mol. The summed E-state index contributed by atoms with van der Waals surface area (Å²) in [5.41, 5.74) is 2.40. The van der Waals surface area contributed by atoms with E-state index in [1.807, 2.05) is 0 Å². The van der Waals surface area contributed by atoms with E-state index in [0.717, 1.165) is 56.4 Å². The highest BCUT2D eigenvalue weighted by atomic mass is 16.5. The molecule has 0 amide bonds. The van der Waals surface area contributed by atoms with Crippen LogP contribution in [0.4, 0.5) is 5.82 Å². The summed E-state index contributed by atoms with van der Waals surface area (Å²) in [6, 6.07) is 1.78. The van der Waals surface area contributed by atoms with Gasteiger partial charge in [-0.3, -0.25) is 0 Å². The van der Waals surface area contributed by atoms with Gasteiger partial charge in [0, 0.05) is 18.8 Å². The van der Waals surface area contributed by atoms with Crippen molar-refractivity contribution in [1.82, 2.24) is 4.98 Å². The number of hydrogen-bond acceptors (Lipinski definition) is 4. The molecule has 116 valence electrons. The van der Waals surface area contributed by atoms with Crippen LogP contribution in [0.5, 0.6) is 0 Å². The Morgan fingerprint density at radius 2 is 2.19 bits per heavy atom. The van der Waals surface area contributed by atoms with Gasteiger partial charge < -0.3 is 15.2 Å². The summed E-state index contributed by atoms with van der Waals surface area (Å²) in [7, 11) is 0. The Morgan fingerprint density at radius 3 is 2.95 bits per heavy atom. The molecule has 1 aliphatic rings. The first kappa shape index (κ1) is 15.8. The number of aromatic nitrogens is 1. The summed E-state index contributed by atoms with van der Waals surface area (Å²) >= 11 is 0. The fourth-order valence-corrected chi connectivity index (χ4v) is 2.52. The summed E-state index contributed by atoms with van der Waals surface area (Å²) in [4.78, 5) is 15.9. The zero-order valence-corrected chi connectivity index (χ0v) is 12.7. The molecule has 5 nitrogen and oxygen atoms in total. The van der Waals surface area contributed by atoms with Crippen LogP contribution in [0.25, 0.3) is 0 Å². The quantitative estimate of drug-likeness (QED) is 0.721. The smallest absolute Gasteiger partial charge is 0.339 e. The summed E-state index contributed by atoms with van der Waals surface area (Å²) in [5.74, 6) is -0.451. The molecule has 0 atom stereocenters. The fourth-order valence-electron chi connectivity index (χ4n) is 2.52. The molecule has 0 spiro atoms. The number of pyridine rings is 1. The molecular weight excluding hydrogens is 268 g/mol. The second kappa shape index (κ2) is 7.98. The van der Waals surface area contributed by atoms with E-state index in [4.69, 9.17) is 4.74 Å². The fraction of sp³-hybridized carbons (Fsp3) is 0.625. The number of nitrogens with zero attached hydrogens (tertiary/aromatic N) is 1. The molecule has 21 heavy (non-hydrogen) atoms. The van der Waals surface area contributed by atoms with Crippen LogP contribution in [-0.4, -0.2) is 35.8 Å². The second-order valence-electron chi connectivity index (χ2n) is 5.40. The standard InChI is InChI=1S/C16H24N2O3/c1-2-3-9-21-10-8-17-15-13(16(19)20)11-12-6-4-5-7-14(12)18-15/h11H,2-10H2,1H3,(H,17,18)(H,19,20). The highest BCUT2D eigenvalue weighted by molar-refractivity contribution is 5.93. The van der Waals surface area contributed by atoms with Gasteiger partial charge in [0.15, 0.2) is 0 Å². The van der Waals surface area contributed by atoms with Crippen LogP contribution in [0.2, 0.25) is 0 Å². The van der Waals surface area contributed by atoms with Crippen molar-refractivity contribution in [3.63, 3.8) is 0 Å². The molecule has 5 heteroatoms. The molecule has 1 aromatic rings. The normalized spacial score (nSPS) is 13.8. The number of fused-ring (bicyclic) bond motifs is 1. The molecule has 0 saturated heterocycles. The predicted octanol–water partition coefficient (Wildman–Crippen LogP) is 2.89. The molecular formula is C16H24N2O3. The maximum atomic E-state index is 11.4. The first-order valence-corrected chi connectivity index (χ1v) is 7.80. The van der Waals surface area contributed by atoms with Gasteiger partial charge in [-0.2, -0.15) is 0 Å². The number of rotatable bonds is 8. The van der Waals surface area contributed by atoms with Crippen LogP contribution >= 0.6 is 0 Å². The van der Waals surface area contributed by atoms with Gasteiger partial charge in [0.05, 0.1) is 6.61 Å². The van der Waals surface area contributed by atoms with Crippen LogP contribution in [0, 0.1) is 0 Å². The predicted molar refractivity (Wildman–Crippen MR) is 82.1 cm³/mol. The molecule has 0 aliphatic heterocycles. The minimum absolute atomic E-state index is 0.268. The van der Waals surface area contributed by atoms with E-state index in [-0.39, 0.29) is 5.56 Å². The van der Waals surface area contributed by atoms with Crippen molar-refractivity contribution in [3.05, 3.63) is 22.9 Å². The third-order valence-electron chi connectivity index (χ3n) is 3.71. The van der Waals surface area contributed by atoms with Gasteiger partial charge in [0.1, 0.15) is 11.4 Å². The number of nitrogens with one attached hydrogen (secondary N) is 1. The van der Waals surface area contributed by atoms with Crippen molar-refractivity contribution in [1.29, 1.82) is 0 Å². The van der Waals surface area contributed by atoms with Gasteiger partial charge in [0.2, 0.25) is 0 Å². The maximum absolute atomic E-state index is 11.4. The van der Waals surface area contributed by atoms with Gasteiger partial charge in [-0.1, -0.05) is 13.3 Å². The van der Waals surface area contributed by atoms with Crippen molar-refractivity contribution in [3.8, 4) is 0 Å². The summed E-state index contributed by atoms with van der Waals surface area (Å²) < 4.78 is 5.47. The van der Waals surface area contributed by atoms with Gasteiger partial charge in [-0.25, -0.2) is 9.78 Å². The van der Waals surface area contributed by atoms with Gasteiger partial charge >= 0.3 is 5.97 Å². The van der Waals surface area contributed by atoms with E-state index in [9.17, 15) is 9.90 Å². The molecule has 0 bridgehead atoms. The Hall–Kier alpha value is -1.62. The first-order chi connectivity index (χ1) is 10.2. The lowest BCUT2D eigenvalue weighted by Crippen LogP contribution is -2.17. The van der Waals surface area contributed by atoms with E-state index in [2.05, 4.69) is 17.2 Å². The number of hydrogen-bond donors (Lipinski definition) is 2. The number of anilines is 1. The minimum atomic E-state index is -0.926. The number of aromatic carboxylic acids is 1. The Labute approximate surface area is 125 Å². The minimum Gasteiger partial charge on any atom is -0.478 e. The molecule has 0 radical (unpaired) electrons. The van der Waals surface area contributed by atoms with Gasteiger partial charge in [-0.15, -0.1) is 0 Å². The topological polar surface area (TPSA) is 71.5 Å². The number of unbranched alkanes of at least 4 members (excludes halogenated alkanes) is 1. The van der Waals surface area contributed by atoms with Gasteiger partial charge in [-0.05, 0) is 43.7 Å². The third kappa shape index (κ3) is 4.43. The van der Waals surface area contributed by atoms with Crippen LogP contribution in [0.1, 0.15) is 54.2 Å². The largest absolute Gasteiger partial charge is 0.478 e. The van der Waals surface area contributed by atoms with Crippen molar-refractivity contribution in [2.45, 2.75) is 45.4 Å². The molecule has 1 aromatic heterocycles. The molecule has 0 fully saturated rings. The molecule has 2 rings (SSSR count). The van der Waals surface area contributed by atoms with Gasteiger partial charge in [0.25, 0.3) is 0 Å². The maximum Gasteiger partial charge on any atom is 0.339 e. The van der Waals surface area contributed by atoms with E-state index >= 15 is 0 Å². The molecule has 0 saturated carbocycles. The number of carboxylic acid groups (broad SMARTS) is 1. The third-order valence-corrected chi connectivity index (χ3v) is 3.71. The van der Waals surface area contributed by atoms with Crippen LogP contribution in [-0.2, 0) is 17.6 Å². The first-order valence-electron chi connectivity index (χ1n) is 7.80.